The Morgan fingerprint density at radius 3 is 2.84 bits per heavy atom. The molecule has 1 saturated heterocycles. The first kappa shape index (κ1) is 14.7. The summed E-state index contributed by atoms with van der Waals surface area (Å²) in [7, 11) is 0. The third kappa shape index (κ3) is 3.44. The van der Waals surface area contributed by atoms with E-state index >= 15 is 0 Å². The van der Waals surface area contributed by atoms with Gasteiger partial charge in [-0.2, -0.15) is 0 Å². The van der Waals surface area contributed by atoms with Gasteiger partial charge in [-0.3, -0.25) is 0 Å². The zero-order chi connectivity index (χ0) is 13.9. The Kier molecular flexibility index (Phi) is 4.76. The topological polar surface area (TPSA) is 38.5 Å². The average Bonchev–Trinajstić information content (AvgIpc) is 2.37. The second-order valence-electron chi connectivity index (χ2n) is 5.42. The molecule has 1 heterocycles. The van der Waals surface area contributed by atoms with Crippen LogP contribution in [0.15, 0.2) is 23.1 Å². The van der Waals surface area contributed by atoms with Crippen LogP contribution in [0.1, 0.15) is 26.3 Å². The van der Waals surface area contributed by atoms with Crippen molar-refractivity contribution < 1.29 is 4.74 Å². The van der Waals surface area contributed by atoms with Crippen LogP contribution in [0.3, 0.4) is 0 Å². The van der Waals surface area contributed by atoms with Gasteiger partial charge in [-0.15, -0.1) is 11.8 Å². The fourth-order valence-electron chi connectivity index (χ4n) is 2.57. The molecular weight excluding hydrogens is 256 g/mol. The van der Waals surface area contributed by atoms with E-state index in [0.29, 0.717) is 6.54 Å². The highest BCUT2D eigenvalue weighted by atomic mass is 32.2. The second-order valence-corrected chi connectivity index (χ2v) is 6.73. The summed E-state index contributed by atoms with van der Waals surface area (Å²) in [5.74, 6) is 1.07. The van der Waals surface area contributed by atoms with Crippen molar-refractivity contribution in [3.05, 3.63) is 23.8 Å². The van der Waals surface area contributed by atoms with Gasteiger partial charge in [0, 0.05) is 35.8 Å². The molecule has 2 rings (SSSR count). The third-order valence-corrected chi connectivity index (χ3v) is 4.36. The van der Waals surface area contributed by atoms with Gasteiger partial charge in [0.05, 0.1) is 12.2 Å². The standard InChI is InChI=1S/C15H24N2OS/c1-4-19-14-7-5-6-13(12(14)10-16)17-8-9-18-15(2,3)11-17/h5-7H,4,8-11,16H2,1-3H3. The van der Waals surface area contributed by atoms with E-state index in [9.17, 15) is 0 Å². The van der Waals surface area contributed by atoms with Gasteiger partial charge >= 0.3 is 0 Å². The number of ether oxygens (including phenoxy) is 1. The number of hydrogen-bond acceptors (Lipinski definition) is 4. The number of morpholine rings is 1. The Labute approximate surface area is 120 Å². The van der Waals surface area contributed by atoms with E-state index in [2.05, 4.69) is 43.9 Å². The van der Waals surface area contributed by atoms with Gasteiger partial charge in [0.15, 0.2) is 0 Å². The molecule has 1 aromatic carbocycles. The van der Waals surface area contributed by atoms with Crippen LogP contribution in [0.4, 0.5) is 5.69 Å². The van der Waals surface area contributed by atoms with E-state index in [0.717, 1.165) is 25.4 Å². The third-order valence-electron chi connectivity index (χ3n) is 3.38. The molecule has 1 aromatic rings. The highest BCUT2D eigenvalue weighted by Gasteiger charge is 2.28. The molecule has 1 fully saturated rings. The van der Waals surface area contributed by atoms with E-state index in [4.69, 9.17) is 10.5 Å². The molecule has 2 N–H and O–H groups in total. The van der Waals surface area contributed by atoms with E-state index in [1.165, 1.54) is 16.1 Å². The largest absolute Gasteiger partial charge is 0.372 e. The number of nitrogens with zero attached hydrogens (tertiary/aromatic N) is 1. The normalized spacial score (nSPS) is 18.6. The van der Waals surface area contributed by atoms with Crippen molar-refractivity contribution in [1.82, 2.24) is 0 Å². The van der Waals surface area contributed by atoms with Crippen LogP contribution in [0.5, 0.6) is 0 Å². The molecule has 3 nitrogen and oxygen atoms in total. The van der Waals surface area contributed by atoms with E-state index in [1.54, 1.807) is 0 Å². The number of nitrogens with two attached hydrogens (primary N) is 1. The number of hydrogen-bond donors (Lipinski definition) is 1. The molecule has 1 aliphatic heterocycles. The summed E-state index contributed by atoms with van der Waals surface area (Å²) in [5, 5.41) is 0. The molecule has 19 heavy (non-hydrogen) atoms. The fraction of sp³-hybridized carbons (Fsp3) is 0.600. The predicted octanol–water partition coefficient (Wildman–Crippen LogP) is 2.87. The van der Waals surface area contributed by atoms with E-state index in [-0.39, 0.29) is 5.60 Å². The highest BCUT2D eigenvalue weighted by Crippen LogP contribution is 2.32. The molecule has 1 aliphatic rings. The highest BCUT2D eigenvalue weighted by molar-refractivity contribution is 7.99. The summed E-state index contributed by atoms with van der Waals surface area (Å²) in [4.78, 5) is 3.72. The minimum Gasteiger partial charge on any atom is -0.372 e. The average molecular weight is 280 g/mol. The van der Waals surface area contributed by atoms with Crippen LogP contribution < -0.4 is 10.6 Å². The summed E-state index contributed by atoms with van der Waals surface area (Å²) in [6.45, 7) is 9.70. The van der Waals surface area contributed by atoms with Crippen LogP contribution in [-0.4, -0.2) is 31.1 Å². The molecule has 4 heteroatoms. The molecule has 0 aliphatic carbocycles. The van der Waals surface area contributed by atoms with Crippen LogP contribution in [-0.2, 0) is 11.3 Å². The van der Waals surface area contributed by atoms with Crippen molar-refractivity contribution in [2.75, 3.05) is 30.3 Å². The number of thioether (sulfide) groups is 1. The van der Waals surface area contributed by atoms with Gasteiger partial charge in [0.2, 0.25) is 0 Å². The molecule has 0 atom stereocenters. The van der Waals surface area contributed by atoms with E-state index < -0.39 is 0 Å². The van der Waals surface area contributed by atoms with Gasteiger partial charge in [-0.25, -0.2) is 0 Å². The van der Waals surface area contributed by atoms with Crippen molar-refractivity contribution in [3.63, 3.8) is 0 Å². The summed E-state index contributed by atoms with van der Waals surface area (Å²) in [6.07, 6.45) is 0. The minimum absolute atomic E-state index is 0.0853. The zero-order valence-corrected chi connectivity index (χ0v) is 12.9. The smallest absolute Gasteiger partial charge is 0.0801 e. The quantitative estimate of drug-likeness (QED) is 0.861. The van der Waals surface area contributed by atoms with Gasteiger partial charge in [-0.1, -0.05) is 13.0 Å². The summed E-state index contributed by atoms with van der Waals surface area (Å²) < 4.78 is 5.79. The van der Waals surface area contributed by atoms with Gasteiger partial charge in [0.1, 0.15) is 0 Å². The number of anilines is 1. The van der Waals surface area contributed by atoms with Crippen LogP contribution in [0, 0.1) is 0 Å². The molecule has 0 spiro atoms. The summed E-state index contributed by atoms with van der Waals surface area (Å²) in [6, 6.07) is 6.49. The van der Waals surface area contributed by atoms with Crippen LogP contribution in [0.25, 0.3) is 0 Å². The Morgan fingerprint density at radius 1 is 1.42 bits per heavy atom. The first-order valence-electron chi connectivity index (χ1n) is 6.91. The van der Waals surface area contributed by atoms with E-state index in [1.807, 2.05) is 11.8 Å². The summed E-state index contributed by atoms with van der Waals surface area (Å²) >= 11 is 1.87. The molecule has 0 saturated carbocycles. The first-order valence-corrected chi connectivity index (χ1v) is 7.89. The Hall–Kier alpha value is -0.710. The zero-order valence-electron chi connectivity index (χ0n) is 12.1. The Bertz CT molecular complexity index is 434. The lowest BCUT2D eigenvalue weighted by molar-refractivity contribution is -0.0277. The van der Waals surface area contributed by atoms with Crippen molar-refractivity contribution in [2.45, 2.75) is 37.8 Å². The SMILES string of the molecule is CCSc1cccc(N2CCOC(C)(C)C2)c1CN. The van der Waals surface area contributed by atoms with Gasteiger partial charge in [0.25, 0.3) is 0 Å². The minimum atomic E-state index is -0.0853. The summed E-state index contributed by atoms with van der Waals surface area (Å²) in [5.41, 5.74) is 8.45. The van der Waals surface area contributed by atoms with Gasteiger partial charge < -0.3 is 15.4 Å². The molecule has 0 amide bonds. The first-order chi connectivity index (χ1) is 9.07. The van der Waals surface area contributed by atoms with Crippen LogP contribution in [0.2, 0.25) is 0 Å². The van der Waals surface area contributed by atoms with Crippen molar-refractivity contribution in [3.8, 4) is 0 Å². The van der Waals surface area contributed by atoms with Crippen molar-refractivity contribution >= 4 is 17.4 Å². The molecule has 0 aromatic heterocycles. The lowest BCUT2D eigenvalue weighted by Crippen LogP contribution is -2.48. The number of rotatable bonds is 4. The fourth-order valence-corrected chi connectivity index (χ4v) is 3.42. The molecule has 0 unspecified atom stereocenters. The maximum Gasteiger partial charge on any atom is 0.0801 e. The molecule has 106 valence electrons. The number of benzene rings is 1. The maximum absolute atomic E-state index is 5.98. The molecular formula is C15H24N2OS. The molecule has 0 bridgehead atoms. The predicted molar refractivity (Wildman–Crippen MR) is 83.0 cm³/mol. The second kappa shape index (κ2) is 6.16. The Morgan fingerprint density at radius 2 is 2.21 bits per heavy atom. The maximum atomic E-state index is 5.98. The Balaban J connectivity index is 2.30. The lowest BCUT2D eigenvalue weighted by atomic mass is 10.0. The monoisotopic (exact) mass is 280 g/mol. The van der Waals surface area contributed by atoms with Crippen LogP contribution >= 0.6 is 11.8 Å². The van der Waals surface area contributed by atoms with Crippen molar-refractivity contribution in [1.29, 1.82) is 0 Å². The lowest BCUT2D eigenvalue weighted by Gasteiger charge is -2.40. The molecule has 0 radical (unpaired) electrons. The van der Waals surface area contributed by atoms with Gasteiger partial charge in [-0.05, 0) is 31.7 Å². The van der Waals surface area contributed by atoms with Crippen molar-refractivity contribution in [2.24, 2.45) is 5.73 Å².